The number of nitrogens with zero attached hydrogens (tertiary/aromatic N) is 1. The molecule has 0 unspecified atom stereocenters. The third-order valence-corrected chi connectivity index (χ3v) is 6.03. The molecule has 0 aromatic heterocycles. The van der Waals surface area contributed by atoms with E-state index in [2.05, 4.69) is 5.32 Å². The fourth-order valence-electron chi connectivity index (χ4n) is 3.87. The molecule has 0 radical (unpaired) electrons. The average Bonchev–Trinajstić information content (AvgIpc) is 2.86. The summed E-state index contributed by atoms with van der Waals surface area (Å²) in [6.07, 6.45) is 1.56. The smallest absolute Gasteiger partial charge is 0.255 e. The van der Waals surface area contributed by atoms with Crippen molar-refractivity contribution in [1.29, 1.82) is 0 Å². The second-order valence-corrected chi connectivity index (χ2v) is 7.89. The van der Waals surface area contributed by atoms with Crippen LogP contribution in [0.2, 0.25) is 5.02 Å². The Kier molecular flexibility index (Phi) is 5.37. The Morgan fingerprint density at radius 2 is 2.00 bits per heavy atom. The van der Waals surface area contributed by atoms with Gasteiger partial charge < -0.3 is 19.7 Å². The summed E-state index contributed by atoms with van der Waals surface area (Å²) >= 11 is 6.19. The minimum Gasteiger partial charge on any atom is -0.497 e. The summed E-state index contributed by atoms with van der Waals surface area (Å²) in [6.45, 7) is 1.55. The van der Waals surface area contributed by atoms with E-state index in [1.807, 2.05) is 23.1 Å². The van der Waals surface area contributed by atoms with E-state index in [9.17, 15) is 9.59 Å². The van der Waals surface area contributed by atoms with Crippen LogP contribution in [-0.2, 0) is 11.2 Å². The van der Waals surface area contributed by atoms with Crippen LogP contribution in [0.5, 0.6) is 11.5 Å². The van der Waals surface area contributed by atoms with Crippen molar-refractivity contribution in [2.45, 2.75) is 24.9 Å². The third-order valence-electron chi connectivity index (χ3n) is 5.66. The molecule has 2 amide bonds. The summed E-state index contributed by atoms with van der Waals surface area (Å²) in [4.78, 5) is 27.0. The van der Waals surface area contributed by atoms with Crippen LogP contribution in [0.25, 0.3) is 0 Å². The Hall–Kier alpha value is -2.73. The third kappa shape index (κ3) is 4.03. The second kappa shape index (κ2) is 7.95. The van der Waals surface area contributed by atoms with Crippen molar-refractivity contribution in [1.82, 2.24) is 10.2 Å². The lowest BCUT2D eigenvalue weighted by Crippen LogP contribution is -2.54. The molecule has 7 heteroatoms. The predicted octanol–water partition coefficient (Wildman–Crippen LogP) is 3.07. The molecule has 2 aliphatic heterocycles. The topological polar surface area (TPSA) is 67.9 Å². The number of hydrogen-bond acceptors (Lipinski definition) is 4. The summed E-state index contributed by atoms with van der Waals surface area (Å²) in [6, 6.07) is 12.6. The maximum atomic E-state index is 12.7. The zero-order chi connectivity index (χ0) is 20.4. The molecule has 2 aliphatic rings. The molecule has 2 aromatic rings. The van der Waals surface area contributed by atoms with Crippen LogP contribution < -0.4 is 14.8 Å². The number of carbonyl (C=O) groups excluding carboxylic acids is 2. The maximum absolute atomic E-state index is 12.7. The van der Waals surface area contributed by atoms with Gasteiger partial charge >= 0.3 is 0 Å². The molecule has 29 heavy (non-hydrogen) atoms. The first-order chi connectivity index (χ1) is 14.0. The Balaban J connectivity index is 1.46. The number of rotatable bonds is 3. The van der Waals surface area contributed by atoms with E-state index in [-0.39, 0.29) is 18.2 Å². The zero-order valence-electron chi connectivity index (χ0n) is 16.2. The van der Waals surface area contributed by atoms with Gasteiger partial charge in [-0.25, -0.2) is 0 Å². The first-order valence-corrected chi connectivity index (χ1v) is 10.0. The number of likely N-dealkylation sites (tertiary alicyclic amines) is 1. The lowest BCUT2D eigenvalue weighted by Gasteiger charge is -2.41. The number of hydrogen-bond donors (Lipinski definition) is 1. The predicted molar refractivity (Wildman–Crippen MR) is 110 cm³/mol. The molecule has 0 atom stereocenters. The van der Waals surface area contributed by atoms with E-state index in [0.717, 1.165) is 5.56 Å². The normalized spacial score (nSPS) is 17.7. The molecule has 2 heterocycles. The van der Waals surface area contributed by atoms with Gasteiger partial charge in [0, 0.05) is 37.0 Å². The number of carbonyl (C=O) groups is 2. The highest BCUT2D eigenvalue weighted by atomic mass is 35.5. The Bertz CT molecular complexity index is 938. The van der Waals surface area contributed by atoms with Gasteiger partial charge in [-0.1, -0.05) is 29.8 Å². The van der Waals surface area contributed by atoms with Crippen molar-refractivity contribution in [3.8, 4) is 11.5 Å². The van der Waals surface area contributed by atoms with E-state index in [1.165, 1.54) is 0 Å². The van der Waals surface area contributed by atoms with Gasteiger partial charge in [0.25, 0.3) is 5.91 Å². The van der Waals surface area contributed by atoms with E-state index in [1.54, 1.807) is 31.4 Å². The number of ether oxygens (including phenoxy) is 2. The number of methoxy groups -OCH3 is 1. The molecule has 2 aromatic carbocycles. The maximum Gasteiger partial charge on any atom is 0.255 e. The average molecular weight is 415 g/mol. The molecule has 1 N–H and O–H groups in total. The molecule has 0 bridgehead atoms. The standard InChI is InChI=1S/C22H23ClN2O4/c1-28-16-6-7-17-19(13-16)29-22(14-24-21(17)27)8-10-25(11-9-22)20(26)12-15-4-2-3-5-18(15)23/h2-7,13H,8-12,14H2,1H3,(H,24,27). The van der Waals surface area contributed by atoms with Gasteiger partial charge in [0.1, 0.15) is 17.1 Å². The van der Waals surface area contributed by atoms with Gasteiger partial charge in [-0.2, -0.15) is 0 Å². The molecule has 0 saturated carbocycles. The van der Waals surface area contributed by atoms with Gasteiger partial charge in [-0.05, 0) is 23.8 Å². The molecule has 4 rings (SSSR count). The summed E-state index contributed by atoms with van der Waals surface area (Å²) in [5, 5.41) is 3.57. The van der Waals surface area contributed by atoms with Gasteiger partial charge in [-0.15, -0.1) is 0 Å². The molecular formula is C22H23ClN2O4. The molecule has 1 saturated heterocycles. The second-order valence-electron chi connectivity index (χ2n) is 7.48. The fourth-order valence-corrected chi connectivity index (χ4v) is 4.07. The molecule has 1 fully saturated rings. The van der Waals surface area contributed by atoms with Crippen molar-refractivity contribution in [3.63, 3.8) is 0 Å². The largest absolute Gasteiger partial charge is 0.497 e. The van der Waals surface area contributed by atoms with Crippen LogP contribution in [0.4, 0.5) is 0 Å². The number of amides is 2. The van der Waals surface area contributed by atoms with Crippen molar-refractivity contribution in [2.75, 3.05) is 26.7 Å². The Morgan fingerprint density at radius 3 is 2.72 bits per heavy atom. The van der Waals surface area contributed by atoms with Crippen molar-refractivity contribution in [3.05, 3.63) is 58.6 Å². The fraction of sp³-hybridized carbons (Fsp3) is 0.364. The monoisotopic (exact) mass is 414 g/mol. The lowest BCUT2D eigenvalue weighted by molar-refractivity contribution is -0.133. The highest BCUT2D eigenvalue weighted by Crippen LogP contribution is 2.35. The van der Waals surface area contributed by atoms with Crippen LogP contribution in [-0.4, -0.2) is 49.1 Å². The van der Waals surface area contributed by atoms with E-state index < -0.39 is 5.60 Å². The van der Waals surface area contributed by atoms with Gasteiger partial charge in [-0.3, -0.25) is 9.59 Å². The van der Waals surface area contributed by atoms with Gasteiger partial charge in [0.05, 0.1) is 25.6 Å². The summed E-state index contributed by atoms with van der Waals surface area (Å²) in [7, 11) is 1.58. The number of nitrogens with one attached hydrogen (secondary N) is 1. The molecular weight excluding hydrogens is 392 g/mol. The summed E-state index contributed by atoms with van der Waals surface area (Å²) < 4.78 is 11.6. The first kappa shape index (κ1) is 19.6. The van der Waals surface area contributed by atoms with Crippen molar-refractivity contribution < 1.29 is 19.1 Å². The van der Waals surface area contributed by atoms with Gasteiger partial charge in [0.2, 0.25) is 5.91 Å². The minimum absolute atomic E-state index is 0.0488. The quantitative estimate of drug-likeness (QED) is 0.838. The van der Waals surface area contributed by atoms with Crippen LogP contribution in [0.3, 0.4) is 0 Å². The Labute approximate surface area is 174 Å². The SMILES string of the molecule is COc1ccc2c(c1)OC1(CCN(C(=O)Cc3ccccc3Cl)CC1)CNC2=O. The molecule has 6 nitrogen and oxygen atoms in total. The number of benzene rings is 2. The van der Waals surface area contributed by atoms with Crippen molar-refractivity contribution in [2.24, 2.45) is 0 Å². The number of fused-ring (bicyclic) bond motifs is 1. The van der Waals surface area contributed by atoms with E-state index in [0.29, 0.717) is 54.6 Å². The zero-order valence-corrected chi connectivity index (χ0v) is 17.0. The minimum atomic E-state index is -0.533. The number of halogens is 1. The molecule has 1 spiro atoms. The van der Waals surface area contributed by atoms with Crippen molar-refractivity contribution >= 4 is 23.4 Å². The number of piperidine rings is 1. The lowest BCUT2D eigenvalue weighted by atomic mass is 9.90. The molecule has 0 aliphatic carbocycles. The van der Waals surface area contributed by atoms with Crippen LogP contribution in [0.1, 0.15) is 28.8 Å². The summed E-state index contributed by atoms with van der Waals surface area (Å²) in [5.74, 6) is 1.06. The van der Waals surface area contributed by atoms with Crippen LogP contribution in [0.15, 0.2) is 42.5 Å². The van der Waals surface area contributed by atoms with Crippen LogP contribution in [0, 0.1) is 0 Å². The molecule has 152 valence electrons. The van der Waals surface area contributed by atoms with E-state index in [4.69, 9.17) is 21.1 Å². The van der Waals surface area contributed by atoms with E-state index >= 15 is 0 Å². The van der Waals surface area contributed by atoms with Crippen LogP contribution >= 0.6 is 11.6 Å². The van der Waals surface area contributed by atoms with Gasteiger partial charge in [0.15, 0.2) is 0 Å². The first-order valence-electron chi connectivity index (χ1n) is 9.66. The Morgan fingerprint density at radius 1 is 1.24 bits per heavy atom. The highest BCUT2D eigenvalue weighted by molar-refractivity contribution is 6.31. The highest BCUT2D eigenvalue weighted by Gasteiger charge is 2.41. The summed E-state index contributed by atoms with van der Waals surface area (Å²) in [5.41, 5.74) is 0.799.